The Balaban J connectivity index is 1.29. The molecule has 12 heteroatoms. The van der Waals surface area contributed by atoms with Crippen LogP contribution in [0.2, 0.25) is 5.02 Å². The van der Waals surface area contributed by atoms with Crippen LogP contribution in [0.1, 0.15) is 47.6 Å². The number of carbonyl (C=O) groups is 1. The van der Waals surface area contributed by atoms with Crippen LogP contribution in [0, 0.1) is 18.3 Å². The number of rotatable bonds is 17. The van der Waals surface area contributed by atoms with Crippen molar-refractivity contribution in [1.82, 2.24) is 15.2 Å². The largest absolute Gasteiger partial charge is 0.494 e. The van der Waals surface area contributed by atoms with E-state index in [2.05, 4.69) is 27.3 Å². The summed E-state index contributed by atoms with van der Waals surface area (Å²) in [4.78, 5) is 18.0. The average molecular weight is 715 g/mol. The first-order valence-corrected chi connectivity index (χ1v) is 17.3. The lowest BCUT2D eigenvalue weighted by molar-refractivity contribution is -0.142. The minimum Gasteiger partial charge on any atom is -0.494 e. The number of aliphatic carboxylic acids is 1. The summed E-state index contributed by atoms with van der Waals surface area (Å²) < 4.78 is 18.5. The van der Waals surface area contributed by atoms with Crippen LogP contribution in [-0.2, 0) is 24.6 Å². The van der Waals surface area contributed by atoms with Crippen LogP contribution in [0.3, 0.4) is 0 Å². The Bertz CT molecular complexity index is 1850. The molecule has 11 nitrogen and oxygen atoms in total. The van der Waals surface area contributed by atoms with Gasteiger partial charge in [-0.25, -0.2) is 0 Å². The fraction of sp³-hybridized carbons (Fsp3) is 0.359. The molecule has 268 valence electrons. The monoisotopic (exact) mass is 714 g/mol. The summed E-state index contributed by atoms with van der Waals surface area (Å²) >= 11 is 6.70. The van der Waals surface area contributed by atoms with Crippen molar-refractivity contribution in [3.8, 4) is 34.4 Å². The van der Waals surface area contributed by atoms with E-state index < -0.39 is 18.1 Å². The number of aliphatic hydroxyl groups is 2. The first kappa shape index (κ1) is 37.6. The van der Waals surface area contributed by atoms with Gasteiger partial charge in [-0.1, -0.05) is 41.9 Å². The van der Waals surface area contributed by atoms with Gasteiger partial charge in [0.05, 0.1) is 29.4 Å². The van der Waals surface area contributed by atoms with E-state index in [-0.39, 0.29) is 25.9 Å². The van der Waals surface area contributed by atoms with Crippen LogP contribution in [0.5, 0.6) is 17.2 Å². The summed E-state index contributed by atoms with van der Waals surface area (Å²) in [5, 5.41) is 41.7. The predicted octanol–water partition coefficient (Wildman–Crippen LogP) is 5.50. The number of hydrogen-bond acceptors (Lipinski definition) is 10. The van der Waals surface area contributed by atoms with E-state index in [1.54, 1.807) is 24.4 Å². The van der Waals surface area contributed by atoms with Gasteiger partial charge >= 0.3 is 5.97 Å². The Hall–Kier alpha value is -4.70. The van der Waals surface area contributed by atoms with Gasteiger partial charge in [-0.2, -0.15) is 5.26 Å². The maximum Gasteiger partial charge on any atom is 0.323 e. The Labute approximate surface area is 303 Å². The number of hydrogen-bond donors (Lipinski definition) is 4. The van der Waals surface area contributed by atoms with Crippen LogP contribution in [-0.4, -0.2) is 75.7 Å². The van der Waals surface area contributed by atoms with Crippen molar-refractivity contribution in [2.75, 3.05) is 26.2 Å². The van der Waals surface area contributed by atoms with Crippen LogP contribution >= 0.6 is 11.6 Å². The van der Waals surface area contributed by atoms with Crippen LogP contribution in [0.15, 0.2) is 73.1 Å². The van der Waals surface area contributed by atoms with Crippen molar-refractivity contribution in [2.45, 2.75) is 64.7 Å². The van der Waals surface area contributed by atoms with Gasteiger partial charge in [-0.15, -0.1) is 0 Å². The van der Waals surface area contributed by atoms with E-state index in [9.17, 15) is 25.4 Å². The molecule has 3 unspecified atom stereocenters. The summed E-state index contributed by atoms with van der Waals surface area (Å²) in [6.45, 7) is 6.94. The van der Waals surface area contributed by atoms with Gasteiger partial charge in [0.15, 0.2) is 0 Å². The van der Waals surface area contributed by atoms with Gasteiger partial charge in [0.25, 0.3) is 0 Å². The lowest BCUT2D eigenvalue weighted by Gasteiger charge is -2.20. The van der Waals surface area contributed by atoms with Crippen molar-refractivity contribution in [1.29, 1.82) is 5.26 Å². The topological polar surface area (TPSA) is 157 Å². The van der Waals surface area contributed by atoms with Gasteiger partial charge in [-0.05, 0) is 73.2 Å². The lowest BCUT2D eigenvalue weighted by atomic mass is 9.96. The molecule has 1 aromatic heterocycles. The SMILES string of the molecule is Cc1c(COc2cc(OCc3cncc(C#N)c3)c(CNC(C(=O)O)C(C)O)cc2Cl)cccc1-c1cccc(OCCCN2CCC(O)C2)c1. The number of benzene rings is 3. The zero-order chi connectivity index (χ0) is 36.3. The highest BCUT2D eigenvalue weighted by Crippen LogP contribution is 2.35. The molecule has 0 spiro atoms. The molecular formula is C39H43ClN4O7. The predicted molar refractivity (Wildman–Crippen MR) is 193 cm³/mol. The van der Waals surface area contributed by atoms with Gasteiger partial charge in [-0.3, -0.25) is 15.1 Å². The molecule has 3 aromatic carbocycles. The second-order valence-corrected chi connectivity index (χ2v) is 13.1. The third-order valence-electron chi connectivity index (χ3n) is 8.80. The van der Waals surface area contributed by atoms with Gasteiger partial charge in [0.1, 0.15) is 42.6 Å². The van der Waals surface area contributed by atoms with E-state index in [0.29, 0.717) is 39.8 Å². The van der Waals surface area contributed by atoms with E-state index in [0.717, 1.165) is 60.5 Å². The molecule has 1 aliphatic rings. The second-order valence-electron chi connectivity index (χ2n) is 12.7. The van der Waals surface area contributed by atoms with Crippen molar-refractivity contribution >= 4 is 17.6 Å². The summed E-state index contributed by atoms with van der Waals surface area (Å²) in [7, 11) is 0. The number of pyridine rings is 1. The molecule has 0 saturated carbocycles. The number of carboxylic acid groups (broad SMARTS) is 1. The number of ether oxygens (including phenoxy) is 3. The number of nitrogens with one attached hydrogen (secondary N) is 1. The quantitative estimate of drug-likeness (QED) is 0.102. The third kappa shape index (κ3) is 10.4. The molecule has 0 aliphatic carbocycles. The highest BCUT2D eigenvalue weighted by Gasteiger charge is 2.24. The van der Waals surface area contributed by atoms with E-state index in [1.165, 1.54) is 13.1 Å². The average Bonchev–Trinajstić information content (AvgIpc) is 3.54. The van der Waals surface area contributed by atoms with Crippen molar-refractivity contribution in [3.05, 3.63) is 106 Å². The Morgan fingerprint density at radius 3 is 2.63 bits per heavy atom. The molecule has 0 bridgehead atoms. The maximum atomic E-state index is 11.7. The molecule has 1 fully saturated rings. The summed E-state index contributed by atoms with van der Waals surface area (Å²) in [6, 6.07) is 19.9. The Morgan fingerprint density at radius 1 is 1.08 bits per heavy atom. The molecule has 0 amide bonds. The van der Waals surface area contributed by atoms with Crippen molar-refractivity contribution in [2.24, 2.45) is 0 Å². The third-order valence-corrected chi connectivity index (χ3v) is 9.10. The van der Waals surface area contributed by atoms with Crippen molar-refractivity contribution < 1.29 is 34.3 Å². The molecule has 3 atom stereocenters. The summed E-state index contributed by atoms with van der Waals surface area (Å²) in [5.74, 6) is 0.361. The number of carboxylic acids is 1. The van der Waals surface area contributed by atoms with Gasteiger partial charge in [0, 0.05) is 55.8 Å². The minimum absolute atomic E-state index is 0.0419. The molecule has 4 N–H and O–H groups in total. The normalized spacial score (nSPS) is 15.6. The standard InChI is InChI=1S/C39H43ClN4O7/c1-25-30(7-4-9-34(25)29-6-3-8-33(15-29)49-13-5-11-44-12-10-32(46)22-44)24-51-37-17-36(50-23-28-14-27(18-41)19-42-20-28)31(16-35(37)40)21-43-38(26(2)45)39(47)48/h3-4,6-9,14-17,19-20,26,32,38,43,45-46H,5,10-13,21-24H2,1-2H3,(H,47,48). The smallest absolute Gasteiger partial charge is 0.323 e. The first-order chi connectivity index (χ1) is 24.6. The highest BCUT2D eigenvalue weighted by molar-refractivity contribution is 6.32. The lowest BCUT2D eigenvalue weighted by Crippen LogP contribution is -2.44. The second kappa shape index (κ2) is 18.0. The number of aliphatic hydroxyl groups excluding tert-OH is 2. The number of aromatic nitrogens is 1. The molecule has 51 heavy (non-hydrogen) atoms. The molecule has 2 heterocycles. The number of β-amino-alcohol motifs (C(OH)–C–C–N with tert-alkyl or cyclic N) is 1. The summed E-state index contributed by atoms with van der Waals surface area (Å²) in [6.07, 6.45) is 3.41. The Kier molecular flexibility index (Phi) is 13.2. The first-order valence-electron chi connectivity index (χ1n) is 16.9. The number of nitrogens with zero attached hydrogens (tertiary/aromatic N) is 3. The fourth-order valence-corrected chi connectivity index (χ4v) is 6.23. The molecule has 5 rings (SSSR count). The zero-order valence-corrected chi connectivity index (χ0v) is 29.5. The highest BCUT2D eigenvalue weighted by atomic mass is 35.5. The van der Waals surface area contributed by atoms with Gasteiger partial charge in [0.2, 0.25) is 0 Å². The van der Waals surface area contributed by atoms with E-state index in [4.69, 9.17) is 25.8 Å². The number of halogens is 1. The molecule has 0 radical (unpaired) electrons. The van der Waals surface area contributed by atoms with E-state index >= 15 is 0 Å². The van der Waals surface area contributed by atoms with E-state index in [1.807, 2.05) is 43.3 Å². The number of likely N-dealkylation sites (tertiary alicyclic amines) is 1. The van der Waals surface area contributed by atoms with Crippen LogP contribution in [0.4, 0.5) is 0 Å². The molecule has 1 saturated heterocycles. The molecule has 1 aliphatic heterocycles. The summed E-state index contributed by atoms with van der Waals surface area (Å²) in [5.41, 5.74) is 5.68. The van der Waals surface area contributed by atoms with Crippen LogP contribution in [0.25, 0.3) is 11.1 Å². The van der Waals surface area contributed by atoms with Gasteiger partial charge < -0.3 is 34.4 Å². The Morgan fingerprint density at radius 2 is 1.88 bits per heavy atom. The molecular weight excluding hydrogens is 672 g/mol. The minimum atomic E-state index is -1.21. The molecule has 4 aromatic rings. The number of nitriles is 1. The van der Waals surface area contributed by atoms with Crippen molar-refractivity contribution in [3.63, 3.8) is 0 Å². The fourth-order valence-electron chi connectivity index (χ4n) is 5.99. The zero-order valence-electron chi connectivity index (χ0n) is 28.7. The maximum absolute atomic E-state index is 11.7. The van der Waals surface area contributed by atoms with Crippen LogP contribution < -0.4 is 19.5 Å².